The largest absolute Gasteiger partial charge is 0.414 e. The van der Waals surface area contributed by atoms with E-state index in [0.29, 0.717) is 21.8 Å². The predicted molar refractivity (Wildman–Crippen MR) is 91.5 cm³/mol. The third-order valence-electron chi connectivity index (χ3n) is 3.40. The molecule has 1 heterocycles. The van der Waals surface area contributed by atoms with E-state index in [-0.39, 0.29) is 23.6 Å². The van der Waals surface area contributed by atoms with Gasteiger partial charge in [0.05, 0.1) is 11.8 Å². The van der Waals surface area contributed by atoms with Crippen LogP contribution in [-0.4, -0.2) is 21.9 Å². The van der Waals surface area contributed by atoms with Crippen LogP contribution in [0.1, 0.15) is 32.2 Å². The molecule has 0 unspecified atom stereocenters. The average molecular weight is 355 g/mol. The molecule has 0 fully saturated rings. The van der Waals surface area contributed by atoms with E-state index in [1.165, 1.54) is 11.8 Å². The second-order valence-corrected chi connectivity index (χ2v) is 6.53. The van der Waals surface area contributed by atoms with Crippen LogP contribution in [0.2, 0.25) is 5.02 Å². The van der Waals surface area contributed by atoms with Gasteiger partial charge in [0.25, 0.3) is 5.22 Å². The molecule has 124 valence electrons. The Kier molecular flexibility index (Phi) is 6.44. The van der Waals surface area contributed by atoms with Crippen molar-refractivity contribution in [3.63, 3.8) is 0 Å². The first-order chi connectivity index (χ1) is 11.0. The van der Waals surface area contributed by atoms with E-state index in [1.54, 1.807) is 24.3 Å². The molecule has 1 amide bonds. The maximum atomic E-state index is 11.9. The smallest absolute Gasteiger partial charge is 0.277 e. The molecule has 0 saturated carbocycles. The first-order valence-corrected chi connectivity index (χ1v) is 8.63. The first kappa shape index (κ1) is 17.8. The van der Waals surface area contributed by atoms with Crippen molar-refractivity contribution in [3.05, 3.63) is 35.2 Å². The van der Waals surface area contributed by atoms with Gasteiger partial charge < -0.3 is 15.5 Å². The van der Waals surface area contributed by atoms with Gasteiger partial charge in [0.1, 0.15) is 0 Å². The zero-order valence-electron chi connectivity index (χ0n) is 13.0. The lowest BCUT2D eigenvalue weighted by Crippen LogP contribution is -2.18. The summed E-state index contributed by atoms with van der Waals surface area (Å²) in [6.07, 6.45) is 0.925. The highest BCUT2D eigenvalue weighted by Gasteiger charge is 2.20. The summed E-state index contributed by atoms with van der Waals surface area (Å²) in [6, 6.07) is 6.67. The summed E-state index contributed by atoms with van der Waals surface area (Å²) >= 11 is 7.04. The Bertz CT molecular complexity index is 664. The highest BCUT2D eigenvalue weighted by molar-refractivity contribution is 7.99. The van der Waals surface area contributed by atoms with Crippen LogP contribution in [0, 0.1) is 5.92 Å². The highest BCUT2D eigenvalue weighted by atomic mass is 35.5. The van der Waals surface area contributed by atoms with Gasteiger partial charge in [0.2, 0.25) is 11.8 Å². The summed E-state index contributed by atoms with van der Waals surface area (Å²) in [7, 11) is 0. The number of nitrogens with one attached hydrogen (secondary N) is 1. The van der Waals surface area contributed by atoms with Gasteiger partial charge >= 0.3 is 0 Å². The molecule has 0 spiro atoms. The van der Waals surface area contributed by atoms with E-state index >= 15 is 0 Å². The number of amides is 1. The van der Waals surface area contributed by atoms with Gasteiger partial charge in [0, 0.05) is 10.7 Å². The van der Waals surface area contributed by atoms with Crippen molar-refractivity contribution in [1.82, 2.24) is 10.2 Å². The topological polar surface area (TPSA) is 94.0 Å². The predicted octanol–water partition coefficient (Wildman–Crippen LogP) is 3.50. The molecule has 0 radical (unpaired) electrons. The lowest BCUT2D eigenvalue weighted by molar-refractivity contribution is -0.113. The Morgan fingerprint density at radius 1 is 1.48 bits per heavy atom. The second-order valence-electron chi connectivity index (χ2n) is 5.16. The van der Waals surface area contributed by atoms with Crippen LogP contribution in [0.15, 0.2) is 33.9 Å². The van der Waals surface area contributed by atoms with Crippen LogP contribution < -0.4 is 11.1 Å². The van der Waals surface area contributed by atoms with Gasteiger partial charge in [0.15, 0.2) is 0 Å². The van der Waals surface area contributed by atoms with Crippen LogP contribution in [0.5, 0.6) is 0 Å². The van der Waals surface area contributed by atoms with Crippen LogP contribution in [0.4, 0.5) is 5.69 Å². The molecule has 6 nitrogen and oxygen atoms in total. The molecule has 1 aromatic carbocycles. The number of carbonyl (C=O) groups is 1. The molecule has 0 aliphatic carbocycles. The van der Waals surface area contributed by atoms with Gasteiger partial charge in [-0.25, -0.2) is 0 Å². The number of hydrogen-bond acceptors (Lipinski definition) is 6. The number of halogens is 1. The Labute approximate surface area is 144 Å². The minimum Gasteiger partial charge on any atom is -0.414 e. The quantitative estimate of drug-likeness (QED) is 0.739. The fourth-order valence-corrected chi connectivity index (χ4v) is 2.56. The summed E-state index contributed by atoms with van der Waals surface area (Å²) < 4.78 is 5.50. The number of carbonyl (C=O) groups excluding carboxylic acids is 1. The van der Waals surface area contributed by atoms with Gasteiger partial charge in [-0.05, 0) is 24.1 Å². The zero-order chi connectivity index (χ0) is 16.8. The van der Waals surface area contributed by atoms with Crippen molar-refractivity contribution in [3.8, 4) is 0 Å². The molecule has 0 aliphatic rings. The van der Waals surface area contributed by atoms with Crippen molar-refractivity contribution in [1.29, 1.82) is 0 Å². The van der Waals surface area contributed by atoms with E-state index in [9.17, 15) is 4.79 Å². The van der Waals surface area contributed by atoms with Gasteiger partial charge in [-0.2, -0.15) is 0 Å². The number of aromatic nitrogens is 2. The second kappa shape index (κ2) is 8.33. The SMILES string of the molecule is CC[C@H](C)[C@@H](N)c1nnc(SCC(=O)Nc2cccc(Cl)c2)o1. The number of nitrogens with two attached hydrogens (primary N) is 1. The Hall–Kier alpha value is -1.57. The van der Waals surface area contributed by atoms with Gasteiger partial charge in [-0.3, -0.25) is 4.79 Å². The third kappa shape index (κ3) is 5.23. The lowest BCUT2D eigenvalue weighted by atomic mass is 10.0. The Morgan fingerprint density at radius 2 is 2.26 bits per heavy atom. The van der Waals surface area contributed by atoms with E-state index in [2.05, 4.69) is 22.4 Å². The summed E-state index contributed by atoms with van der Waals surface area (Å²) in [5, 5.41) is 11.5. The highest BCUT2D eigenvalue weighted by Crippen LogP contribution is 2.24. The maximum Gasteiger partial charge on any atom is 0.277 e. The number of rotatable bonds is 7. The van der Waals surface area contributed by atoms with Crippen LogP contribution >= 0.6 is 23.4 Å². The van der Waals surface area contributed by atoms with Crippen LogP contribution in [0.25, 0.3) is 0 Å². The fourth-order valence-electron chi connectivity index (χ4n) is 1.80. The summed E-state index contributed by atoms with van der Waals surface area (Å²) in [6.45, 7) is 4.08. The molecular formula is C15H19ClN4O2S. The molecule has 0 bridgehead atoms. The molecule has 8 heteroatoms. The number of benzene rings is 1. The number of nitrogens with zero attached hydrogens (tertiary/aromatic N) is 2. The summed E-state index contributed by atoms with van der Waals surface area (Å²) in [5.41, 5.74) is 6.68. The van der Waals surface area contributed by atoms with Crippen molar-refractivity contribution in [2.24, 2.45) is 11.7 Å². The molecule has 2 rings (SSSR count). The summed E-state index contributed by atoms with van der Waals surface area (Å²) in [4.78, 5) is 11.9. The van der Waals surface area contributed by atoms with Crippen LogP contribution in [0.3, 0.4) is 0 Å². The van der Waals surface area contributed by atoms with E-state index in [1.807, 2.05) is 6.92 Å². The standard InChI is InChI=1S/C15H19ClN4O2S/c1-3-9(2)13(17)14-19-20-15(22-14)23-8-12(21)18-11-6-4-5-10(16)7-11/h4-7,9,13H,3,8,17H2,1-2H3,(H,18,21)/t9-,13+/m0/s1. The minimum absolute atomic E-state index is 0.159. The zero-order valence-corrected chi connectivity index (χ0v) is 14.5. The molecule has 3 N–H and O–H groups in total. The van der Waals surface area contributed by atoms with Crippen LogP contribution in [-0.2, 0) is 4.79 Å². The van der Waals surface area contributed by atoms with Crippen molar-refractivity contribution >= 4 is 35.0 Å². The average Bonchev–Trinajstić information content (AvgIpc) is 3.00. The molecule has 2 aromatic rings. The van der Waals surface area contributed by atoms with E-state index in [4.69, 9.17) is 21.8 Å². The Balaban J connectivity index is 1.86. The van der Waals surface area contributed by atoms with Gasteiger partial charge in [-0.15, -0.1) is 10.2 Å². The Morgan fingerprint density at radius 3 is 2.96 bits per heavy atom. The molecule has 0 saturated heterocycles. The van der Waals surface area contributed by atoms with Gasteiger partial charge in [-0.1, -0.05) is 49.7 Å². The monoisotopic (exact) mass is 354 g/mol. The fraction of sp³-hybridized carbons (Fsp3) is 0.400. The minimum atomic E-state index is -0.290. The maximum absolute atomic E-state index is 11.9. The van der Waals surface area contributed by atoms with Crippen molar-refractivity contribution < 1.29 is 9.21 Å². The molecule has 0 aliphatic heterocycles. The third-order valence-corrected chi connectivity index (χ3v) is 4.45. The lowest BCUT2D eigenvalue weighted by Gasteiger charge is -2.13. The van der Waals surface area contributed by atoms with Crippen molar-refractivity contribution in [2.45, 2.75) is 31.5 Å². The molecule has 23 heavy (non-hydrogen) atoms. The first-order valence-electron chi connectivity index (χ1n) is 7.26. The van der Waals surface area contributed by atoms with Crippen molar-refractivity contribution in [2.75, 3.05) is 11.1 Å². The number of anilines is 1. The van der Waals surface area contributed by atoms with E-state index in [0.717, 1.165) is 6.42 Å². The van der Waals surface area contributed by atoms with E-state index < -0.39 is 0 Å². The normalized spacial score (nSPS) is 13.6. The summed E-state index contributed by atoms with van der Waals surface area (Å²) in [5.74, 6) is 0.631. The number of hydrogen-bond donors (Lipinski definition) is 2. The number of thioether (sulfide) groups is 1. The molecule has 1 aromatic heterocycles. The molecular weight excluding hydrogens is 336 g/mol. The molecule has 2 atom stereocenters.